The lowest BCUT2D eigenvalue weighted by Crippen LogP contribution is -3.23. The molecule has 1 saturated carbocycles. The zero-order valence-electron chi connectivity index (χ0n) is 16.4. The Morgan fingerprint density at radius 1 is 1.26 bits per heavy atom. The lowest BCUT2D eigenvalue weighted by molar-refractivity contribution is -0.960. The van der Waals surface area contributed by atoms with E-state index in [0.717, 1.165) is 43.4 Å². The molecule has 0 spiro atoms. The molecule has 0 unspecified atom stereocenters. The number of rotatable bonds is 7. The summed E-state index contributed by atoms with van der Waals surface area (Å²) < 4.78 is 5.55. The second kappa shape index (κ2) is 9.87. The van der Waals surface area contributed by atoms with Gasteiger partial charge >= 0.3 is 0 Å². The van der Waals surface area contributed by atoms with E-state index in [4.69, 9.17) is 16.3 Å². The van der Waals surface area contributed by atoms with Crippen LogP contribution in [0.15, 0.2) is 24.3 Å². The maximum absolute atomic E-state index is 12.5. The lowest BCUT2D eigenvalue weighted by atomic mass is 9.79. The summed E-state index contributed by atoms with van der Waals surface area (Å²) in [6, 6.07) is 8.02. The number of hydrogen-bond donors (Lipinski definition) is 3. The Bertz CT molecular complexity index is 613. The molecule has 6 heteroatoms. The normalized spacial score (nSPS) is 21.6. The quantitative estimate of drug-likeness (QED) is 0.636. The van der Waals surface area contributed by atoms with Crippen LogP contribution in [0.4, 0.5) is 0 Å². The second-order valence-corrected chi connectivity index (χ2v) is 8.49. The second-order valence-electron chi connectivity index (χ2n) is 8.08. The van der Waals surface area contributed by atoms with Gasteiger partial charge in [0.05, 0.1) is 19.8 Å². The Balaban J connectivity index is 1.51. The van der Waals surface area contributed by atoms with Crippen molar-refractivity contribution in [3.05, 3.63) is 34.9 Å². The maximum Gasteiger partial charge on any atom is 0.275 e. The summed E-state index contributed by atoms with van der Waals surface area (Å²) in [6.07, 6.45) is 6.29. The number of morpholine rings is 1. The third-order valence-electron chi connectivity index (χ3n) is 6.33. The SMILES string of the molecule is C[C@@H]([NH2+]CC(=O)NCC1([NH+]2CCOCC2)CCCCC1)c1ccccc1Cl. The Kier molecular flexibility index (Phi) is 7.53. The summed E-state index contributed by atoms with van der Waals surface area (Å²) in [5, 5.41) is 6.07. The highest BCUT2D eigenvalue weighted by Crippen LogP contribution is 2.25. The molecule has 0 radical (unpaired) electrons. The van der Waals surface area contributed by atoms with Gasteiger partial charge in [-0.2, -0.15) is 0 Å². The van der Waals surface area contributed by atoms with Gasteiger partial charge in [0.15, 0.2) is 6.54 Å². The van der Waals surface area contributed by atoms with E-state index in [-0.39, 0.29) is 17.5 Å². The molecule has 1 aromatic carbocycles. The number of benzene rings is 1. The maximum atomic E-state index is 12.5. The fourth-order valence-corrected chi connectivity index (χ4v) is 4.93. The molecule has 2 aliphatic rings. The average Bonchev–Trinajstić information content (AvgIpc) is 2.72. The number of ether oxygens (including phenoxy) is 1. The first-order valence-corrected chi connectivity index (χ1v) is 10.8. The fourth-order valence-electron chi connectivity index (χ4n) is 4.63. The Hall–Kier alpha value is -1.14. The van der Waals surface area contributed by atoms with Crippen LogP contribution >= 0.6 is 11.6 Å². The number of halogens is 1. The van der Waals surface area contributed by atoms with Crippen molar-refractivity contribution in [1.82, 2.24) is 5.32 Å². The minimum atomic E-state index is 0.117. The van der Waals surface area contributed by atoms with Gasteiger partial charge in [0, 0.05) is 23.4 Å². The number of nitrogens with one attached hydrogen (secondary N) is 2. The summed E-state index contributed by atoms with van der Waals surface area (Å²) in [5.41, 5.74) is 1.28. The van der Waals surface area contributed by atoms with Crippen LogP contribution in [0, 0.1) is 0 Å². The zero-order chi connectivity index (χ0) is 19.1. The molecule has 0 aromatic heterocycles. The minimum Gasteiger partial charge on any atom is -0.370 e. The summed E-state index contributed by atoms with van der Waals surface area (Å²) in [4.78, 5) is 14.1. The van der Waals surface area contributed by atoms with Crippen molar-refractivity contribution >= 4 is 17.5 Å². The van der Waals surface area contributed by atoms with Crippen molar-refractivity contribution in [3.63, 3.8) is 0 Å². The predicted octanol–water partition coefficient (Wildman–Crippen LogP) is 0.699. The van der Waals surface area contributed by atoms with Gasteiger partial charge in [-0.15, -0.1) is 0 Å². The predicted molar refractivity (Wildman–Crippen MR) is 107 cm³/mol. The molecule has 1 aliphatic heterocycles. The molecule has 5 nitrogen and oxygen atoms in total. The van der Waals surface area contributed by atoms with Gasteiger partial charge in [0.25, 0.3) is 5.91 Å². The Labute approximate surface area is 167 Å². The third kappa shape index (κ3) is 5.44. The highest BCUT2D eigenvalue weighted by atomic mass is 35.5. The van der Waals surface area contributed by atoms with Crippen LogP contribution in [0.1, 0.15) is 50.6 Å². The number of carbonyl (C=O) groups excluding carboxylic acids is 1. The standard InChI is InChI=1S/C21H32ClN3O2/c1-17(18-7-3-4-8-19(18)22)23-15-20(26)24-16-21(9-5-2-6-10-21)25-11-13-27-14-12-25/h3-4,7-8,17,23H,2,5-6,9-16H2,1H3,(H,24,26)/p+2/t17-/m1/s1. The van der Waals surface area contributed by atoms with E-state index in [1.165, 1.54) is 32.1 Å². The van der Waals surface area contributed by atoms with Crippen molar-refractivity contribution < 1.29 is 19.7 Å². The summed E-state index contributed by atoms with van der Waals surface area (Å²) in [5.74, 6) is 0.117. The van der Waals surface area contributed by atoms with Crippen LogP contribution in [0.25, 0.3) is 0 Å². The first-order valence-electron chi connectivity index (χ1n) is 10.4. The van der Waals surface area contributed by atoms with E-state index in [0.29, 0.717) is 6.54 Å². The van der Waals surface area contributed by atoms with E-state index in [9.17, 15) is 4.79 Å². The molecule has 27 heavy (non-hydrogen) atoms. The van der Waals surface area contributed by atoms with Crippen LogP contribution in [0.3, 0.4) is 0 Å². The largest absolute Gasteiger partial charge is 0.370 e. The van der Waals surface area contributed by atoms with Crippen molar-refractivity contribution in [2.24, 2.45) is 0 Å². The van der Waals surface area contributed by atoms with Crippen molar-refractivity contribution in [3.8, 4) is 0 Å². The number of carbonyl (C=O) groups is 1. The van der Waals surface area contributed by atoms with Crippen LogP contribution in [0.2, 0.25) is 5.02 Å². The monoisotopic (exact) mass is 395 g/mol. The Morgan fingerprint density at radius 3 is 2.67 bits per heavy atom. The van der Waals surface area contributed by atoms with Gasteiger partial charge in [0.2, 0.25) is 0 Å². The summed E-state index contributed by atoms with van der Waals surface area (Å²) in [6.45, 7) is 7.12. The summed E-state index contributed by atoms with van der Waals surface area (Å²) >= 11 is 6.27. The fraction of sp³-hybridized carbons (Fsp3) is 0.667. The van der Waals surface area contributed by atoms with Gasteiger partial charge < -0.3 is 20.3 Å². The smallest absolute Gasteiger partial charge is 0.275 e. The molecule has 150 valence electrons. The highest BCUT2D eigenvalue weighted by Gasteiger charge is 2.42. The van der Waals surface area contributed by atoms with Crippen molar-refractivity contribution in [2.75, 3.05) is 39.4 Å². The van der Waals surface area contributed by atoms with Gasteiger partial charge in [-0.25, -0.2) is 0 Å². The molecular weight excluding hydrogens is 362 g/mol. The number of hydrogen-bond acceptors (Lipinski definition) is 2. The minimum absolute atomic E-state index is 0.117. The topological polar surface area (TPSA) is 59.4 Å². The Morgan fingerprint density at radius 2 is 1.96 bits per heavy atom. The molecule has 1 amide bonds. The number of quaternary nitrogens is 2. The molecule has 4 N–H and O–H groups in total. The zero-order valence-corrected chi connectivity index (χ0v) is 17.2. The number of amides is 1. The first kappa shape index (κ1) is 20.6. The highest BCUT2D eigenvalue weighted by molar-refractivity contribution is 6.31. The van der Waals surface area contributed by atoms with Gasteiger partial charge in [-0.05, 0) is 25.8 Å². The number of nitrogens with two attached hydrogens (primary N) is 1. The van der Waals surface area contributed by atoms with Gasteiger partial charge in [0.1, 0.15) is 24.7 Å². The summed E-state index contributed by atoms with van der Waals surface area (Å²) in [7, 11) is 0. The first-order chi connectivity index (χ1) is 13.1. The molecule has 2 fully saturated rings. The van der Waals surface area contributed by atoms with Crippen LogP contribution in [-0.2, 0) is 9.53 Å². The molecule has 1 aromatic rings. The van der Waals surface area contributed by atoms with Crippen LogP contribution in [0.5, 0.6) is 0 Å². The molecular formula is C21H34ClN3O2+2. The van der Waals surface area contributed by atoms with E-state index in [1.807, 2.05) is 24.3 Å². The molecule has 1 heterocycles. The van der Waals surface area contributed by atoms with E-state index < -0.39 is 0 Å². The van der Waals surface area contributed by atoms with Gasteiger partial charge in [-0.3, -0.25) is 4.79 Å². The molecule has 3 rings (SSSR count). The van der Waals surface area contributed by atoms with E-state index in [2.05, 4.69) is 17.6 Å². The molecule has 0 bridgehead atoms. The van der Waals surface area contributed by atoms with Crippen molar-refractivity contribution in [1.29, 1.82) is 0 Å². The average molecular weight is 396 g/mol. The van der Waals surface area contributed by atoms with E-state index in [1.54, 1.807) is 4.90 Å². The lowest BCUT2D eigenvalue weighted by Gasteiger charge is -2.44. The van der Waals surface area contributed by atoms with E-state index >= 15 is 0 Å². The third-order valence-corrected chi connectivity index (χ3v) is 6.68. The molecule has 1 saturated heterocycles. The van der Waals surface area contributed by atoms with Crippen LogP contribution < -0.4 is 15.5 Å². The van der Waals surface area contributed by atoms with Gasteiger partial charge in [-0.1, -0.05) is 36.2 Å². The molecule has 1 aliphatic carbocycles. The molecule has 1 atom stereocenters. The van der Waals surface area contributed by atoms with Crippen molar-refractivity contribution in [2.45, 2.75) is 50.6 Å². The van der Waals surface area contributed by atoms with Crippen LogP contribution in [-0.4, -0.2) is 50.8 Å².